The molecular weight excluding hydrogens is 228 g/mol. The number of fused-ring (bicyclic) bond motifs is 1. The first-order valence-electron chi connectivity index (χ1n) is 4.67. The van der Waals surface area contributed by atoms with Crippen molar-refractivity contribution < 1.29 is 0 Å². The molecular formula is C9H7ClN6. The minimum atomic E-state index is 0.574. The normalized spacial score (nSPS) is 13.9. The smallest absolute Gasteiger partial charge is 0.0941 e. The summed E-state index contributed by atoms with van der Waals surface area (Å²) >= 11 is 5.87. The van der Waals surface area contributed by atoms with Crippen molar-refractivity contribution in [2.75, 3.05) is 5.12 Å². The summed E-state index contributed by atoms with van der Waals surface area (Å²) in [6.07, 6.45) is 3.18. The minimum Gasteiger partial charge on any atom is -0.144 e. The van der Waals surface area contributed by atoms with Crippen LogP contribution in [0.4, 0.5) is 5.69 Å². The first-order chi connectivity index (χ1) is 7.83. The van der Waals surface area contributed by atoms with Crippen LogP contribution in [0.1, 0.15) is 5.56 Å². The van der Waals surface area contributed by atoms with E-state index in [2.05, 4.69) is 20.5 Å². The summed E-state index contributed by atoms with van der Waals surface area (Å²) in [5, 5.41) is 18.2. The first-order valence-corrected chi connectivity index (χ1v) is 5.05. The van der Waals surface area contributed by atoms with Crippen LogP contribution in [0, 0.1) is 0 Å². The Kier molecular flexibility index (Phi) is 2.07. The van der Waals surface area contributed by atoms with Gasteiger partial charge in [-0.15, -0.1) is 20.4 Å². The molecule has 1 aliphatic heterocycles. The summed E-state index contributed by atoms with van der Waals surface area (Å²) in [6, 6.07) is 5.54. The van der Waals surface area contributed by atoms with Crippen molar-refractivity contribution in [2.45, 2.75) is 6.54 Å². The van der Waals surface area contributed by atoms with Crippen LogP contribution in [0.3, 0.4) is 0 Å². The van der Waals surface area contributed by atoms with Gasteiger partial charge in [-0.05, 0) is 17.4 Å². The molecule has 0 saturated carbocycles. The third-order valence-corrected chi connectivity index (χ3v) is 2.46. The zero-order chi connectivity index (χ0) is 11.0. The van der Waals surface area contributed by atoms with Gasteiger partial charge < -0.3 is 0 Å². The molecule has 0 radical (unpaired) electrons. The van der Waals surface area contributed by atoms with Crippen LogP contribution in [0.25, 0.3) is 0 Å². The topological polar surface area (TPSA) is 58.7 Å². The van der Waals surface area contributed by atoms with Gasteiger partial charge in [0.05, 0.1) is 24.6 Å². The van der Waals surface area contributed by atoms with E-state index in [1.807, 2.05) is 12.1 Å². The number of hydrogen-bond donors (Lipinski definition) is 0. The highest BCUT2D eigenvalue weighted by molar-refractivity contribution is 6.30. The van der Waals surface area contributed by atoms with Gasteiger partial charge in [0.1, 0.15) is 0 Å². The highest BCUT2D eigenvalue weighted by atomic mass is 35.5. The molecule has 2 aromatic rings. The van der Waals surface area contributed by atoms with Gasteiger partial charge >= 0.3 is 0 Å². The van der Waals surface area contributed by atoms with E-state index in [1.165, 1.54) is 4.91 Å². The number of nitrogens with zero attached hydrogens (tertiary/aromatic N) is 6. The van der Waals surface area contributed by atoms with Gasteiger partial charge in [-0.25, -0.2) is 0 Å². The molecule has 1 aromatic heterocycles. The zero-order valence-corrected chi connectivity index (χ0v) is 8.91. The van der Waals surface area contributed by atoms with Crippen molar-refractivity contribution in [3.05, 3.63) is 41.2 Å². The maximum atomic E-state index is 5.87. The Morgan fingerprint density at radius 1 is 1.19 bits per heavy atom. The molecule has 0 amide bonds. The Morgan fingerprint density at radius 2 is 2.00 bits per heavy atom. The highest BCUT2D eigenvalue weighted by Gasteiger charge is 2.15. The van der Waals surface area contributed by atoms with Crippen LogP contribution >= 0.6 is 11.6 Å². The molecule has 2 heterocycles. The third-order valence-electron chi connectivity index (χ3n) is 2.23. The maximum Gasteiger partial charge on any atom is 0.0941 e. The summed E-state index contributed by atoms with van der Waals surface area (Å²) in [5.74, 6) is 0. The summed E-state index contributed by atoms with van der Waals surface area (Å²) < 4.78 is 0. The van der Waals surface area contributed by atoms with E-state index >= 15 is 0 Å². The fraction of sp³-hybridized carbons (Fsp3) is 0.111. The van der Waals surface area contributed by atoms with Crippen molar-refractivity contribution in [2.24, 2.45) is 10.3 Å². The highest BCUT2D eigenvalue weighted by Crippen LogP contribution is 2.28. The van der Waals surface area contributed by atoms with Crippen molar-refractivity contribution in [1.29, 1.82) is 0 Å². The number of hydrogen-bond acceptors (Lipinski definition) is 5. The number of rotatable bonds is 1. The second-order valence-electron chi connectivity index (χ2n) is 3.29. The molecule has 7 heteroatoms. The van der Waals surface area contributed by atoms with Crippen molar-refractivity contribution in [3.63, 3.8) is 0 Å². The molecule has 0 fully saturated rings. The van der Waals surface area contributed by atoms with Gasteiger partial charge in [-0.1, -0.05) is 22.6 Å². The predicted octanol–water partition coefficient (Wildman–Crippen LogP) is 2.08. The Labute approximate surface area is 96.1 Å². The van der Waals surface area contributed by atoms with E-state index in [4.69, 9.17) is 11.6 Å². The molecule has 3 rings (SSSR count). The van der Waals surface area contributed by atoms with Gasteiger partial charge in [0.15, 0.2) is 0 Å². The molecule has 0 atom stereocenters. The Balaban J connectivity index is 1.96. The summed E-state index contributed by atoms with van der Waals surface area (Å²) in [7, 11) is 0. The van der Waals surface area contributed by atoms with Crippen LogP contribution in [0.5, 0.6) is 0 Å². The van der Waals surface area contributed by atoms with Crippen molar-refractivity contribution in [3.8, 4) is 0 Å². The molecule has 6 nitrogen and oxygen atoms in total. The van der Waals surface area contributed by atoms with E-state index in [1.54, 1.807) is 23.6 Å². The molecule has 0 saturated heterocycles. The summed E-state index contributed by atoms with van der Waals surface area (Å²) in [4.78, 5) is 1.39. The lowest BCUT2D eigenvalue weighted by Crippen LogP contribution is -2.31. The van der Waals surface area contributed by atoms with Crippen molar-refractivity contribution >= 4 is 17.3 Å². The monoisotopic (exact) mass is 234 g/mol. The zero-order valence-electron chi connectivity index (χ0n) is 8.16. The Morgan fingerprint density at radius 3 is 2.81 bits per heavy atom. The standard InChI is InChI=1S/C9H7ClN6/c10-8-2-1-7-6-15(14-13-9(7)5-8)16-11-3-4-12-16/h1-5H,6H2. The van der Waals surface area contributed by atoms with Gasteiger partial charge in [-0.2, -0.15) is 0 Å². The van der Waals surface area contributed by atoms with Crippen LogP contribution in [-0.4, -0.2) is 15.1 Å². The van der Waals surface area contributed by atoms with Gasteiger partial charge in [-0.3, -0.25) is 0 Å². The average molecular weight is 235 g/mol. The maximum absolute atomic E-state index is 5.87. The van der Waals surface area contributed by atoms with E-state index in [-0.39, 0.29) is 0 Å². The lowest BCUT2D eigenvalue weighted by atomic mass is 10.2. The second-order valence-corrected chi connectivity index (χ2v) is 3.73. The van der Waals surface area contributed by atoms with Crippen LogP contribution in [0.15, 0.2) is 40.9 Å². The molecule has 0 bridgehead atoms. The average Bonchev–Trinajstić information content (AvgIpc) is 2.82. The van der Waals surface area contributed by atoms with E-state index in [0.29, 0.717) is 11.6 Å². The molecule has 16 heavy (non-hydrogen) atoms. The fourth-order valence-electron chi connectivity index (χ4n) is 1.47. The number of aromatic nitrogens is 3. The second kappa shape index (κ2) is 3.57. The third kappa shape index (κ3) is 1.53. The molecule has 1 aliphatic rings. The quantitative estimate of drug-likeness (QED) is 0.759. The van der Waals surface area contributed by atoms with E-state index < -0.39 is 0 Å². The van der Waals surface area contributed by atoms with Crippen LogP contribution < -0.4 is 5.12 Å². The summed E-state index contributed by atoms with van der Waals surface area (Å²) in [5.41, 5.74) is 1.83. The SMILES string of the molecule is Clc1ccc2c(c1)N=NN(n1nccn1)C2. The molecule has 0 aliphatic carbocycles. The molecule has 0 spiro atoms. The van der Waals surface area contributed by atoms with Gasteiger partial charge in [0.25, 0.3) is 0 Å². The molecule has 80 valence electrons. The lowest BCUT2D eigenvalue weighted by Gasteiger charge is -2.20. The van der Waals surface area contributed by atoms with E-state index in [0.717, 1.165) is 11.3 Å². The van der Waals surface area contributed by atoms with Crippen molar-refractivity contribution in [1.82, 2.24) is 15.1 Å². The minimum absolute atomic E-state index is 0.574. The molecule has 0 unspecified atom stereocenters. The first kappa shape index (κ1) is 9.29. The molecule has 1 aromatic carbocycles. The van der Waals surface area contributed by atoms with Gasteiger partial charge in [0.2, 0.25) is 0 Å². The van der Waals surface area contributed by atoms with Crippen LogP contribution in [-0.2, 0) is 6.54 Å². The van der Waals surface area contributed by atoms with Crippen LogP contribution in [0.2, 0.25) is 5.02 Å². The lowest BCUT2D eigenvalue weighted by molar-refractivity contribution is 0.459. The predicted molar refractivity (Wildman–Crippen MR) is 57.9 cm³/mol. The number of halogens is 1. The summed E-state index contributed by atoms with van der Waals surface area (Å²) in [6.45, 7) is 0.574. The largest absolute Gasteiger partial charge is 0.144 e. The molecule has 0 N–H and O–H groups in total. The fourth-order valence-corrected chi connectivity index (χ4v) is 1.64. The Bertz CT molecular complexity index is 535. The van der Waals surface area contributed by atoms with E-state index in [9.17, 15) is 0 Å². The van der Waals surface area contributed by atoms with Gasteiger partial charge in [0, 0.05) is 10.6 Å². The Hall–Kier alpha value is -1.95. The number of benzene rings is 1.